The van der Waals surface area contributed by atoms with Gasteiger partial charge in [-0.3, -0.25) is 9.59 Å². The van der Waals surface area contributed by atoms with Crippen LogP contribution in [-0.4, -0.2) is 16.0 Å². The molecule has 4 rings (SSSR count). The van der Waals surface area contributed by atoms with E-state index in [1.54, 1.807) is 0 Å². The van der Waals surface area contributed by atoms with Gasteiger partial charge < -0.3 is 11.1 Å². The van der Waals surface area contributed by atoms with Gasteiger partial charge in [-0.25, -0.2) is 8.78 Å². The Bertz CT molecular complexity index is 1520. The Labute approximate surface area is 231 Å². The minimum atomic E-state index is -9.89. The Balaban J connectivity index is 1.51. The summed E-state index contributed by atoms with van der Waals surface area (Å²) in [7, 11) is -9.89. The van der Waals surface area contributed by atoms with E-state index in [-0.39, 0.29) is 39.5 Å². The van der Waals surface area contributed by atoms with Crippen LogP contribution < -0.4 is 11.1 Å². The number of nitrogens with one attached hydrogen (secondary N) is 1. The predicted octanol–water partition coefficient (Wildman–Crippen LogP) is 8.81. The third kappa shape index (κ3) is 5.93. The van der Waals surface area contributed by atoms with Crippen LogP contribution in [0.5, 0.6) is 0 Å². The first-order chi connectivity index (χ1) is 17.7. The first kappa shape index (κ1) is 29.3. The number of Topliss-reactive ketones (excluding diaryl/α,β-unsaturated/α-hetero) is 1. The van der Waals surface area contributed by atoms with Crippen molar-refractivity contribution >= 4 is 68.1 Å². The fourth-order valence-electron chi connectivity index (χ4n) is 4.06. The maximum absolute atomic E-state index is 14.2. The lowest BCUT2D eigenvalue weighted by Crippen LogP contribution is -2.17. The van der Waals surface area contributed by atoms with Crippen LogP contribution in [0.25, 0.3) is 0 Å². The van der Waals surface area contributed by atoms with Gasteiger partial charge in [0.05, 0.1) is 10.9 Å². The zero-order chi connectivity index (χ0) is 29.2. The minimum absolute atomic E-state index is 0.0262. The largest absolute Gasteiger partial charge is 0.394 e. The highest BCUT2D eigenvalue weighted by Crippen LogP contribution is 3.02. The maximum Gasteiger partial charge on any atom is 0.310 e. The quantitative estimate of drug-likeness (QED) is 0.118. The summed E-state index contributed by atoms with van der Waals surface area (Å²) in [6.45, 7) is 0. The van der Waals surface area contributed by atoms with Crippen molar-refractivity contribution in [1.29, 1.82) is 0 Å². The molecule has 1 fully saturated rings. The van der Waals surface area contributed by atoms with Crippen molar-refractivity contribution in [1.82, 2.24) is 0 Å². The van der Waals surface area contributed by atoms with Crippen molar-refractivity contribution in [3.63, 3.8) is 0 Å². The molecule has 3 aromatic rings. The van der Waals surface area contributed by atoms with Gasteiger partial charge >= 0.3 is 10.2 Å². The zero-order valence-electron chi connectivity index (χ0n) is 19.1. The van der Waals surface area contributed by atoms with Gasteiger partial charge in [0, 0.05) is 23.6 Å². The van der Waals surface area contributed by atoms with Crippen LogP contribution in [0.2, 0.25) is 5.02 Å². The molecule has 3 aromatic carbocycles. The van der Waals surface area contributed by atoms with Crippen molar-refractivity contribution in [3.8, 4) is 0 Å². The summed E-state index contributed by atoms with van der Waals surface area (Å²) in [5, 5.41) is 2.43. The van der Waals surface area contributed by atoms with Gasteiger partial charge in [-0.15, -0.1) is 23.2 Å². The average molecular weight is 636 g/mol. The number of amides is 1. The molecule has 0 aliphatic heterocycles. The lowest BCUT2D eigenvalue weighted by Gasteiger charge is -2.40. The molecule has 2 unspecified atom stereocenters. The molecular weight excluding hydrogens is 620 g/mol. The van der Waals surface area contributed by atoms with Crippen molar-refractivity contribution in [2.24, 2.45) is 5.92 Å². The van der Waals surface area contributed by atoms with E-state index >= 15 is 0 Å². The molecule has 15 heteroatoms. The lowest BCUT2D eigenvalue weighted by molar-refractivity contribution is -0.117. The molecule has 210 valence electrons. The van der Waals surface area contributed by atoms with Gasteiger partial charge in [0.1, 0.15) is 20.7 Å². The number of hydrogen-bond donors (Lipinski definition) is 2. The number of hydrogen-bond acceptors (Lipinski definition) is 3. The Morgan fingerprint density at radius 2 is 1.56 bits per heavy atom. The van der Waals surface area contributed by atoms with Crippen molar-refractivity contribution in [2.75, 3.05) is 11.1 Å². The molecule has 39 heavy (non-hydrogen) atoms. The number of alkyl halides is 2. The number of anilines is 2. The molecule has 0 bridgehead atoms. The van der Waals surface area contributed by atoms with Crippen LogP contribution >= 0.6 is 45.0 Å². The first-order valence-electron chi connectivity index (χ1n) is 10.8. The molecule has 0 radical (unpaired) electrons. The van der Waals surface area contributed by atoms with Crippen molar-refractivity contribution in [2.45, 2.75) is 21.6 Å². The summed E-state index contributed by atoms with van der Waals surface area (Å²) < 4.78 is 90.9. The molecule has 0 spiro atoms. The summed E-state index contributed by atoms with van der Waals surface area (Å²) in [6, 6.07) is 7.69. The molecule has 4 nitrogen and oxygen atoms in total. The standard InChI is InChI=1S/C24H16Cl3F7N2O2S/c25-16-7-4-13(10-15(16)18(37)9-12-3-8-17(28)22(35)21(12)29)36-23(38)20-19(24(20,26)27)11-1-5-14(6-2-11)39(30,31,32,33)34/h1-8,10,19-20H,9,35H2,(H,36,38). The zero-order valence-corrected chi connectivity index (χ0v) is 22.2. The molecule has 1 aliphatic carbocycles. The van der Waals surface area contributed by atoms with Gasteiger partial charge in [-0.1, -0.05) is 49.2 Å². The Kier molecular flexibility index (Phi) is 6.70. The number of rotatable bonds is 7. The maximum atomic E-state index is 14.2. The Morgan fingerprint density at radius 3 is 2.15 bits per heavy atom. The van der Waals surface area contributed by atoms with Crippen molar-refractivity contribution < 1.29 is 37.8 Å². The van der Waals surface area contributed by atoms with Gasteiger partial charge in [-0.2, -0.15) is 0 Å². The normalized spacial score (nSPS) is 20.1. The van der Waals surface area contributed by atoms with E-state index in [4.69, 9.17) is 40.5 Å². The molecule has 1 amide bonds. The molecule has 1 saturated carbocycles. The predicted molar refractivity (Wildman–Crippen MR) is 137 cm³/mol. The van der Waals surface area contributed by atoms with Gasteiger partial charge in [0.25, 0.3) is 0 Å². The van der Waals surface area contributed by atoms with Crippen LogP contribution in [0.15, 0.2) is 59.5 Å². The van der Waals surface area contributed by atoms with Crippen molar-refractivity contribution in [3.05, 3.63) is 87.9 Å². The highest BCUT2D eigenvalue weighted by Gasteiger charge is 2.68. The van der Waals surface area contributed by atoms with E-state index in [2.05, 4.69) is 5.32 Å². The number of halogens is 10. The van der Waals surface area contributed by atoms with E-state index in [1.165, 1.54) is 18.2 Å². The van der Waals surface area contributed by atoms with E-state index in [0.29, 0.717) is 0 Å². The monoisotopic (exact) mass is 634 g/mol. The Hall–Kier alpha value is -2.67. The lowest BCUT2D eigenvalue weighted by atomic mass is 10.0. The summed E-state index contributed by atoms with van der Waals surface area (Å²) in [5.74, 6) is -5.75. The number of nitrogen functional groups attached to an aromatic ring is 1. The highest BCUT2D eigenvalue weighted by molar-refractivity contribution is 8.45. The van der Waals surface area contributed by atoms with E-state index in [1.807, 2.05) is 0 Å². The second kappa shape index (κ2) is 8.92. The molecule has 0 aromatic heterocycles. The Morgan fingerprint density at radius 1 is 0.949 bits per heavy atom. The number of carbonyl (C=O) groups excluding carboxylic acids is 2. The molecule has 1 aliphatic rings. The fraction of sp³-hybridized carbons (Fsp3) is 0.167. The van der Waals surface area contributed by atoms with Gasteiger partial charge in [-0.05, 0) is 47.5 Å². The summed E-state index contributed by atoms with van der Waals surface area (Å²) >= 11 is 18.5. The first-order valence-corrected chi connectivity index (χ1v) is 13.9. The minimum Gasteiger partial charge on any atom is -0.394 e. The average Bonchev–Trinajstić information content (AvgIpc) is 3.41. The van der Waals surface area contributed by atoms with Crippen LogP contribution in [0.4, 0.5) is 39.6 Å². The number of ketones is 1. The van der Waals surface area contributed by atoms with Crippen LogP contribution in [0.1, 0.15) is 27.4 Å². The van der Waals surface area contributed by atoms with E-state index < -0.39 is 66.7 Å². The molecule has 2 atom stereocenters. The summed E-state index contributed by atoms with van der Waals surface area (Å²) in [4.78, 5) is 23.6. The van der Waals surface area contributed by atoms with Gasteiger partial charge in [0.15, 0.2) is 11.6 Å². The third-order valence-electron chi connectivity index (χ3n) is 6.11. The molecule has 0 saturated heterocycles. The summed E-state index contributed by atoms with van der Waals surface area (Å²) in [5.41, 5.74) is 4.35. The van der Waals surface area contributed by atoms with Gasteiger partial charge in [0.2, 0.25) is 5.91 Å². The SMILES string of the molecule is Nc1c(F)ccc(CC(=O)c2cc(NC(=O)C3C(c4ccc(S(F)(F)(F)(F)F)cc4)C3(Cl)Cl)ccc2Cl)c1F. The second-order valence-corrected chi connectivity index (χ2v) is 13.1. The number of benzene rings is 3. The van der Waals surface area contributed by atoms with Crippen LogP contribution in [0.3, 0.4) is 0 Å². The third-order valence-corrected chi connectivity index (χ3v) is 8.55. The van der Waals surface area contributed by atoms with Crippen LogP contribution in [-0.2, 0) is 11.2 Å². The smallest absolute Gasteiger partial charge is 0.310 e. The highest BCUT2D eigenvalue weighted by atomic mass is 35.5. The van der Waals surface area contributed by atoms with Crippen LogP contribution in [0, 0.1) is 17.6 Å². The number of nitrogens with two attached hydrogens (primary N) is 1. The number of carbonyl (C=O) groups is 2. The molecular formula is C24H16Cl3F7N2O2S. The molecule has 0 heterocycles. The molecule has 3 N–H and O–H groups in total. The fourth-order valence-corrected chi connectivity index (χ4v) is 5.76. The summed E-state index contributed by atoms with van der Waals surface area (Å²) in [6.07, 6.45) is -0.528. The second-order valence-electron chi connectivity index (χ2n) is 8.89. The van der Waals surface area contributed by atoms with E-state index in [0.717, 1.165) is 24.3 Å². The topological polar surface area (TPSA) is 72.2 Å². The van der Waals surface area contributed by atoms with E-state index in [9.17, 15) is 37.8 Å².